The van der Waals surface area contributed by atoms with Gasteiger partial charge in [0.15, 0.2) is 0 Å². The minimum absolute atomic E-state index is 0. The highest BCUT2D eigenvalue weighted by Gasteiger charge is 2.36. The number of rotatable bonds is 2. The molecule has 3 aromatic rings. The van der Waals surface area contributed by atoms with Gasteiger partial charge in [-0.25, -0.2) is 8.42 Å². The maximum Gasteiger partial charge on any atom is 0.206 e. The van der Waals surface area contributed by atoms with Gasteiger partial charge in [0.2, 0.25) is 9.84 Å². The van der Waals surface area contributed by atoms with E-state index in [1.165, 1.54) is 23.7 Å². The predicted octanol–water partition coefficient (Wildman–Crippen LogP) is 4.74. The van der Waals surface area contributed by atoms with Crippen LogP contribution in [0, 0.1) is 6.92 Å². The Balaban J connectivity index is 0.00000192. The van der Waals surface area contributed by atoms with Gasteiger partial charge in [-0.2, -0.15) is 0 Å². The van der Waals surface area contributed by atoms with Crippen molar-refractivity contribution in [3.05, 3.63) is 58.2 Å². The molecule has 1 aromatic heterocycles. The summed E-state index contributed by atoms with van der Waals surface area (Å²) in [7, 11) is -1.52. The van der Waals surface area contributed by atoms with E-state index in [0.717, 1.165) is 29.3 Å². The second kappa shape index (κ2) is 6.77. The van der Waals surface area contributed by atoms with E-state index < -0.39 is 9.84 Å². The van der Waals surface area contributed by atoms with Gasteiger partial charge >= 0.3 is 0 Å². The summed E-state index contributed by atoms with van der Waals surface area (Å²) in [4.78, 5) is 0.570. The number of aromatic nitrogens is 1. The molecular weight excluding hydrogens is 415 g/mol. The van der Waals surface area contributed by atoms with Crippen molar-refractivity contribution in [3.8, 4) is 0 Å². The standard InChI is InChI=1S/C21H21ClN2O2S.ClH/c1-12-8-16(27(25,26)15-5-3-4-13(22)9-15)11-17-20-18-7-6-14(23-18)10-19(20)24(2)21(12)17;/h3-5,8-9,11,14,18,23H,6-7,10H2,1-2H3;1H. The molecule has 2 unspecified atom stereocenters. The first-order valence-corrected chi connectivity index (χ1v) is 11.1. The van der Waals surface area contributed by atoms with Crippen molar-refractivity contribution >= 4 is 44.7 Å². The topological polar surface area (TPSA) is 51.1 Å². The van der Waals surface area contributed by atoms with E-state index in [2.05, 4.69) is 16.9 Å². The molecule has 0 radical (unpaired) electrons. The van der Waals surface area contributed by atoms with E-state index >= 15 is 0 Å². The molecule has 2 aliphatic heterocycles. The van der Waals surface area contributed by atoms with Crippen molar-refractivity contribution in [3.63, 3.8) is 0 Å². The zero-order valence-electron chi connectivity index (χ0n) is 15.7. The molecule has 1 saturated heterocycles. The lowest BCUT2D eigenvalue weighted by molar-refractivity contribution is 0.503. The number of sulfone groups is 1. The molecule has 2 bridgehead atoms. The molecule has 7 heteroatoms. The van der Waals surface area contributed by atoms with Gasteiger partial charge in [-0.1, -0.05) is 17.7 Å². The fraction of sp³-hybridized carbons (Fsp3) is 0.333. The number of aryl methyl sites for hydroxylation is 2. The summed E-state index contributed by atoms with van der Waals surface area (Å²) in [5.74, 6) is 0. The second-order valence-electron chi connectivity index (χ2n) is 7.71. The largest absolute Gasteiger partial charge is 0.347 e. The van der Waals surface area contributed by atoms with E-state index in [4.69, 9.17) is 11.6 Å². The Morgan fingerprint density at radius 1 is 1.14 bits per heavy atom. The SMILES string of the molecule is Cc1cc(S(=O)(=O)c2cccc(Cl)c2)cc2c3c(n(C)c12)CC1CCC3N1.Cl. The van der Waals surface area contributed by atoms with Crippen molar-refractivity contribution in [2.24, 2.45) is 7.05 Å². The van der Waals surface area contributed by atoms with Crippen LogP contribution in [0.4, 0.5) is 0 Å². The molecule has 148 valence electrons. The maximum atomic E-state index is 13.2. The highest BCUT2D eigenvalue weighted by Crippen LogP contribution is 2.43. The minimum atomic E-state index is -3.62. The van der Waals surface area contributed by atoms with Crippen LogP contribution in [0.15, 0.2) is 46.2 Å². The predicted molar refractivity (Wildman–Crippen MR) is 114 cm³/mol. The van der Waals surface area contributed by atoms with Gasteiger partial charge in [0.25, 0.3) is 0 Å². The quantitative estimate of drug-likeness (QED) is 0.630. The van der Waals surface area contributed by atoms with Crippen LogP contribution in [0.1, 0.15) is 35.7 Å². The summed E-state index contributed by atoms with van der Waals surface area (Å²) >= 11 is 6.03. The van der Waals surface area contributed by atoms with E-state index in [1.54, 1.807) is 24.3 Å². The van der Waals surface area contributed by atoms with Gasteiger partial charge < -0.3 is 9.88 Å². The van der Waals surface area contributed by atoms with Crippen molar-refractivity contribution < 1.29 is 8.42 Å². The Morgan fingerprint density at radius 3 is 2.68 bits per heavy atom. The van der Waals surface area contributed by atoms with E-state index in [9.17, 15) is 8.42 Å². The van der Waals surface area contributed by atoms with Crippen LogP contribution >= 0.6 is 24.0 Å². The Labute approximate surface area is 176 Å². The van der Waals surface area contributed by atoms with Crippen molar-refractivity contribution in [1.29, 1.82) is 0 Å². The van der Waals surface area contributed by atoms with E-state index in [-0.39, 0.29) is 17.3 Å². The highest BCUT2D eigenvalue weighted by atomic mass is 35.5. The summed E-state index contributed by atoms with van der Waals surface area (Å²) in [5.41, 5.74) is 4.75. The van der Waals surface area contributed by atoms with E-state index in [1.807, 2.05) is 13.0 Å². The number of benzene rings is 2. The molecule has 2 atom stereocenters. The third kappa shape index (κ3) is 2.79. The number of nitrogens with zero attached hydrogens (tertiary/aromatic N) is 1. The molecule has 1 fully saturated rings. The number of nitrogens with one attached hydrogen (secondary N) is 1. The Kier molecular flexibility index (Phi) is 4.78. The average Bonchev–Trinajstić information content (AvgIpc) is 3.14. The van der Waals surface area contributed by atoms with Crippen LogP contribution in [0.5, 0.6) is 0 Å². The van der Waals surface area contributed by atoms with Gasteiger partial charge in [0.05, 0.1) is 15.3 Å². The number of hydrogen-bond donors (Lipinski definition) is 1. The lowest BCUT2D eigenvalue weighted by Gasteiger charge is -2.23. The van der Waals surface area contributed by atoms with Gasteiger partial charge in [-0.15, -0.1) is 12.4 Å². The van der Waals surface area contributed by atoms with Crippen molar-refractivity contribution in [2.45, 2.75) is 48.1 Å². The number of fused-ring (bicyclic) bond motifs is 6. The van der Waals surface area contributed by atoms with Gasteiger partial charge in [0, 0.05) is 41.7 Å². The van der Waals surface area contributed by atoms with Crippen LogP contribution < -0.4 is 5.32 Å². The van der Waals surface area contributed by atoms with Gasteiger partial charge in [-0.3, -0.25) is 0 Å². The minimum Gasteiger partial charge on any atom is -0.347 e. The smallest absolute Gasteiger partial charge is 0.206 e. The number of halogens is 2. The summed E-state index contributed by atoms with van der Waals surface area (Å²) < 4.78 is 28.7. The van der Waals surface area contributed by atoms with Crippen LogP contribution in [0.2, 0.25) is 5.02 Å². The Morgan fingerprint density at radius 2 is 1.93 bits per heavy atom. The molecular formula is C21H22Cl2N2O2S. The monoisotopic (exact) mass is 436 g/mol. The first-order valence-electron chi connectivity index (χ1n) is 9.25. The van der Waals surface area contributed by atoms with Crippen LogP contribution in [0.3, 0.4) is 0 Å². The lowest BCUT2D eigenvalue weighted by atomic mass is 9.98. The molecule has 4 nitrogen and oxygen atoms in total. The van der Waals surface area contributed by atoms with Crippen molar-refractivity contribution in [1.82, 2.24) is 9.88 Å². The molecule has 1 N–H and O–H groups in total. The average molecular weight is 437 g/mol. The van der Waals surface area contributed by atoms with Crippen LogP contribution in [-0.4, -0.2) is 19.0 Å². The normalized spacial score (nSPS) is 20.8. The molecule has 3 heterocycles. The van der Waals surface area contributed by atoms with Gasteiger partial charge in [-0.05, 0) is 61.2 Å². The Bertz CT molecular complexity index is 1200. The second-order valence-corrected chi connectivity index (χ2v) is 10.1. The molecule has 2 aromatic carbocycles. The summed E-state index contributed by atoms with van der Waals surface area (Å²) in [5, 5.41) is 5.17. The molecule has 0 saturated carbocycles. The highest BCUT2D eigenvalue weighted by molar-refractivity contribution is 7.91. The molecule has 0 amide bonds. The third-order valence-electron chi connectivity index (χ3n) is 6.06. The molecule has 28 heavy (non-hydrogen) atoms. The summed E-state index contributed by atoms with van der Waals surface area (Å²) in [6, 6.07) is 11.0. The summed E-state index contributed by atoms with van der Waals surface area (Å²) in [6.45, 7) is 2.00. The Hall–Kier alpha value is -1.53. The summed E-state index contributed by atoms with van der Waals surface area (Å²) in [6.07, 6.45) is 3.30. The van der Waals surface area contributed by atoms with Gasteiger partial charge in [0.1, 0.15) is 0 Å². The third-order valence-corrected chi connectivity index (χ3v) is 8.03. The zero-order chi connectivity index (χ0) is 18.9. The number of hydrogen-bond acceptors (Lipinski definition) is 3. The molecule has 5 rings (SSSR count). The zero-order valence-corrected chi connectivity index (χ0v) is 18.1. The molecule has 0 spiro atoms. The van der Waals surface area contributed by atoms with Crippen LogP contribution in [-0.2, 0) is 23.3 Å². The maximum absolute atomic E-state index is 13.2. The fourth-order valence-corrected chi connectivity index (χ4v) is 6.54. The van der Waals surface area contributed by atoms with Crippen LogP contribution in [0.25, 0.3) is 10.9 Å². The first-order chi connectivity index (χ1) is 12.9. The van der Waals surface area contributed by atoms with E-state index in [0.29, 0.717) is 22.0 Å². The fourth-order valence-electron chi connectivity index (χ4n) is 4.87. The molecule has 0 aliphatic carbocycles. The molecule has 2 aliphatic rings. The van der Waals surface area contributed by atoms with Crippen molar-refractivity contribution in [2.75, 3.05) is 0 Å². The lowest BCUT2D eigenvalue weighted by Crippen LogP contribution is -2.32. The first kappa shape index (κ1) is 19.8.